The Morgan fingerprint density at radius 3 is 2.78 bits per heavy atom. The molecule has 1 fully saturated rings. The van der Waals surface area contributed by atoms with Crippen molar-refractivity contribution in [3.05, 3.63) is 33.9 Å². The summed E-state index contributed by atoms with van der Waals surface area (Å²) in [4.78, 5) is 10.2. The van der Waals surface area contributed by atoms with Gasteiger partial charge in [0.05, 0.1) is 4.92 Å². The topological polar surface area (TPSA) is 79.0 Å². The highest BCUT2D eigenvalue weighted by Gasteiger charge is 2.44. The van der Waals surface area contributed by atoms with Crippen LogP contribution in [0, 0.1) is 32.8 Å². The van der Waals surface area contributed by atoms with Crippen molar-refractivity contribution in [3.63, 3.8) is 0 Å². The van der Waals surface area contributed by atoms with Crippen LogP contribution in [0.4, 0.5) is 11.4 Å². The molecule has 5 heteroatoms. The molecule has 0 aromatic heterocycles. The largest absolute Gasteiger partial charge is 0.385 e. The minimum absolute atomic E-state index is 0.0973. The predicted molar refractivity (Wildman–Crippen MR) is 68.2 cm³/mol. The summed E-state index contributed by atoms with van der Waals surface area (Å²) in [7, 11) is 0. The Kier molecular flexibility index (Phi) is 2.95. The van der Waals surface area contributed by atoms with Crippen LogP contribution in [-0.2, 0) is 0 Å². The third kappa shape index (κ3) is 2.43. The molecule has 94 valence electrons. The average molecular weight is 245 g/mol. The van der Waals surface area contributed by atoms with Gasteiger partial charge in [-0.2, -0.15) is 5.26 Å². The quantitative estimate of drug-likeness (QED) is 0.653. The molecule has 0 spiro atoms. The Hall–Kier alpha value is -2.09. The molecule has 0 saturated heterocycles. The molecule has 0 bridgehead atoms. The van der Waals surface area contributed by atoms with Crippen molar-refractivity contribution in [2.75, 3.05) is 11.9 Å². The molecule has 18 heavy (non-hydrogen) atoms. The number of benzene rings is 1. The molecule has 1 unspecified atom stereocenters. The lowest BCUT2D eigenvalue weighted by molar-refractivity contribution is -0.385. The maximum absolute atomic E-state index is 10.7. The SMILES string of the molecule is CC1(C)CC1CNc1ccc([N+](=O)[O-])c(C#N)c1. The number of hydrogen-bond donors (Lipinski definition) is 1. The second-order valence-corrected chi connectivity index (χ2v) is 5.37. The van der Waals surface area contributed by atoms with Gasteiger partial charge in [-0.3, -0.25) is 10.1 Å². The van der Waals surface area contributed by atoms with E-state index in [4.69, 9.17) is 5.26 Å². The molecule has 5 nitrogen and oxygen atoms in total. The fraction of sp³-hybridized carbons (Fsp3) is 0.462. The summed E-state index contributed by atoms with van der Waals surface area (Å²) in [6.07, 6.45) is 1.19. The Balaban J connectivity index is 2.07. The van der Waals surface area contributed by atoms with Gasteiger partial charge < -0.3 is 5.32 Å². The number of nitrogens with one attached hydrogen (secondary N) is 1. The highest BCUT2D eigenvalue weighted by Crippen LogP contribution is 2.51. The van der Waals surface area contributed by atoms with Gasteiger partial charge in [-0.25, -0.2) is 0 Å². The zero-order valence-electron chi connectivity index (χ0n) is 10.4. The number of nitriles is 1. The van der Waals surface area contributed by atoms with E-state index in [-0.39, 0.29) is 11.3 Å². The molecule has 1 atom stereocenters. The highest BCUT2D eigenvalue weighted by molar-refractivity contribution is 5.58. The number of anilines is 1. The van der Waals surface area contributed by atoms with Crippen molar-refractivity contribution in [3.8, 4) is 6.07 Å². The van der Waals surface area contributed by atoms with E-state index >= 15 is 0 Å². The van der Waals surface area contributed by atoms with E-state index in [9.17, 15) is 10.1 Å². The summed E-state index contributed by atoms with van der Waals surface area (Å²) in [6, 6.07) is 6.41. The number of rotatable bonds is 4. The second-order valence-electron chi connectivity index (χ2n) is 5.37. The summed E-state index contributed by atoms with van der Waals surface area (Å²) in [6.45, 7) is 5.28. The Morgan fingerprint density at radius 2 is 2.28 bits per heavy atom. The van der Waals surface area contributed by atoms with Gasteiger partial charge in [-0.1, -0.05) is 13.8 Å². The third-order valence-corrected chi connectivity index (χ3v) is 3.58. The van der Waals surface area contributed by atoms with Crippen molar-refractivity contribution in [1.29, 1.82) is 5.26 Å². The summed E-state index contributed by atoms with van der Waals surface area (Å²) in [5.74, 6) is 0.637. The third-order valence-electron chi connectivity index (χ3n) is 3.58. The van der Waals surface area contributed by atoms with Gasteiger partial charge in [0.1, 0.15) is 11.6 Å². The zero-order chi connectivity index (χ0) is 13.3. The summed E-state index contributed by atoms with van der Waals surface area (Å²) >= 11 is 0. The van der Waals surface area contributed by atoms with E-state index in [1.54, 1.807) is 6.07 Å². The van der Waals surface area contributed by atoms with E-state index in [0.29, 0.717) is 11.3 Å². The molecule has 0 aliphatic heterocycles. The minimum atomic E-state index is -0.535. The van der Waals surface area contributed by atoms with Crippen LogP contribution in [0.5, 0.6) is 0 Å². The van der Waals surface area contributed by atoms with Gasteiger partial charge in [0.25, 0.3) is 5.69 Å². The fourth-order valence-electron chi connectivity index (χ4n) is 2.06. The van der Waals surface area contributed by atoms with Crippen molar-refractivity contribution in [1.82, 2.24) is 0 Å². The van der Waals surface area contributed by atoms with Gasteiger partial charge in [0.15, 0.2) is 0 Å². The Labute approximate surface area is 106 Å². The number of nitrogens with zero attached hydrogens (tertiary/aromatic N) is 2. The number of nitro groups is 1. The zero-order valence-corrected chi connectivity index (χ0v) is 10.4. The summed E-state index contributed by atoms with van der Waals surface area (Å²) in [5, 5.41) is 22.8. The van der Waals surface area contributed by atoms with E-state index in [2.05, 4.69) is 19.2 Å². The normalized spacial score (nSPS) is 19.9. The monoisotopic (exact) mass is 245 g/mol. The predicted octanol–water partition coefficient (Wildman–Crippen LogP) is 2.92. The standard InChI is InChI=1S/C13H15N3O2/c1-13(2)6-10(13)8-15-11-3-4-12(16(17)18)9(5-11)7-14/h3-5,10,15H,6,8H2,1-2H3. The van der Waals surface area contributed by atoms with Crippen LogP contribution < -0.4 is 5.32 Å². The van der Waals surface area contributed by atoms with Gasteiger partial charge in [-0.05, 0) is 29.9 Å². The van der Waals surface area contributed by atoms with E-state index in [1.807, 2.05) is 6.07 Å². The maximum atomic E-state index is 10.7. The minimum Gasteiger partial charge on any atom is -0.385 e. The Morgan fingerprint density at radius 1 is 1.61 bits per heavy atom. The van der Waals surface area contributed by atoms with E-state index in [1.165, 1.54) is 18.6 Å². The highest BCUT2D eigenvalue weighted by atomic mass is 16.6. The molecular weight excluding hydrogens is 230 g/mol. The van der Waals surface area contributed by atoms with Crippen LogP contribution in [-0.4, -0.2) is 11.5 Å². The first-order chi connectivity index (χ1) is 8.44. The molecule has 0 amide bonds. The van der Waals surface area contributed by atoms with Gasteiger partial charge in [-0.15, -0.1) is 0 Å². The molecule has 0 radical (unpaired) electrons. The molecule has 0 heterocycles. The van der Waals surface area contributed by atoms with Crippen LogP contribution in [0.15, 0.2) is 18.2 Å². The van der Waals surface area contributed by atoms with Crippen LogP contribution in [0.2, 0.25) is 0 Å². The van der Waals surface area contributed by atoms with Crippen molar-refractivity contribution < 1.29 is 4.92 Å². The summed E-state index contributed by atoms with van der Waals surface area (Å²) < 4.78 is 0. The second kappa shape index (κ2) is 4.30. The lowest BCUT2D eigenvalue weighted by atomic mass is 10.1. The molecule has 1 aliphatic rings. The molecule has 1 N–H and O–H groups in total. The lowest BCUT2D eigenvalue weighted by Gasteiger charge is -2.08. The van der Waals surface area contributed by atoms with Crippen LogP contribution in [0.25, 0.3) is 0 Å². The van der Waals surface area contributed by atoms with Crippen molar-refractivity contribution in [2.45, 2.75) is 20.3 Å². The molecule has 2 rings (SSSR count). The van der Waals surface area contributed by atoms with E-state index < -0.39 is 4.92 Å². The first kappa shape index (κ1) is 12.4. The molecule has 1 aromatic rings. The maximum Gasteiger partial charge on any atom is 0.287 e. The number of hydrogen-bond acceptors (Lipinski definition) is 4. The van der Waals surface area contributed by atoms with Crippen molar-refractivity contribution >= 4 is 11.4 Å². The first-order valence-corrected chi connectivity index (χ1v) is 5.86. The molecular formula is C13H15N3O2. The van der Waals surface area contributed by atoms with E-state index in [0.717, 1.165) is 12.2 Å². The van der Waals surface area contributed by atoms with Gasteiger partial charge >= 0.3 is 0 Å². The lowest BCUT2D eigenvalue weighted by Crippen LogP contribution is -2.07. The van der Waals surface area contributed by atoms with Gasteiger partial charge in [0.2, 0.25) is 0 Å². The van der Waals surface area contributed by atoms with Crippen LogP contribution in [0.1, 0.15) is 25.8 Å². The average Bonchev–Trinajstić information content (AvgIpc) is 2.94. The molecule has 1 aliphatic carbocycles. The first-order valence-electron chi connectivity index (χ1n) is 5.86. The van der Waals surface area contributed by atoms with Gasteiger partial charge in [0, 0.05) is 18.3 Å². The molecule has 1 saturated carbocycles. The number of nitro benzene ring substituents is 1. The summed E-state index contributed by atoms with van der Waals surface area (Å²) in [5.41, 5.74) is 1.11. The fourth-order valence-corrected chi connectivity index (χ4v) is 2.06. The Bertz CT molecular complexity index is 532. The molecule has 1 aromatic carbocycles. The van der Waals surface area contributed by atoms with Crippen LogP contribution >= 0.6 is 0 Å². The van der Waals surface area contributed by atoms with Crippen molar-refractivity contribution in [2.24, 2.45) is 11.3 Å². The smallest absolute Gasteiger partial charge is 0.287 e. The van der Waals surface area contributed by atoms with Crippen LogP contribution in [0.3, 0.4) is 0 Å².